The standard InChI is InChI=1S/C13H19NO2/c1-10-5-3-6-12(9-10)11(2)14-13(16)7-4-8-15/h3,5-6,9,11,15H,4,7-8H2,1-2H3,(H,14,16)/t11-/m0/s1. The van der Waals surface area contributed by atoms with Gasteiger partial charge in [0.15, 0.2) is 0 Å². The number of aliphatic hydroxyl groups excluding tert-OH is 1. The second-order valence-electron chi connectivity index (χ2n) is 4.03. The van der Waals surface area contributed by atoms with Crippen LogP contribution in [0.2, 0.25) is 0 Å². The summed E-state index contributed by atoms with van der Waals surface area (Å²) in [7, 11) is 0. The molecule has 2 N–H and O–H groups in total. The Hall–Kier alpha value is -1.35. The molecule has 0 saturated heterocycles. The highest BCUT2D eigenvalue weighted by atomic mass is 16.3. The van der Waals surface area contributed by atoms with Gasteiger partial charge in [-0.25, -0.2) is 0 Å². The van der Waals surface area contributed by atoms with Gasteiger partial charge in [-0.1, -0.05) is 29.8 Å². The number of hydrogen-bond donors (Lipinski definition) is 2. The molecule has 0 unspecified atom stereocenters. The number of hydrogen-bond acceptors (Lipinski definition) is 2. The van der Waals surface area contributed by atoms with Gasteiger partial charge in [-0.2, -0.15) is 0 Å². The van der Waals surface area contributed by atoms with Crippen LogP contribution in [0.3, 0.4) is 0 Å². The highest BCUT2D eigenvalue weighted by Crippen LogP contribution is 2.13. The molecule has 0 spiro atoms. The van der Waals surface area contributed by atoms with E-state index in [0.29, 0.717) is 12.8 Å². The number of aliphatic hydroxyl groups is 1. The van der Waals surface area contributed by atoms with Crippen molar-refractivity contribution in [3.63, 3.8) is 0 Å². The lowest BCUT2D eigenvalue weighted by Gasteiger charge is -2.14. The van der Waals surface area contributed by atoms with E-state index in [4.69, 9.17) is 5.11 Å². The van der Waals surface area contributed by atoms with E-state index in [1.54, 1.807) is 0 Å². The minimum atomic E-state index is -0.0111. The Labute approximate surface area is 96.5 Å². The molecule has 1 aromatic carbocycles. The third kappa shape index (κ3) is 4.03. The van der Waals surface area contributed by atoms with E-state index in [2.05, 4.69) is 11.4 Å². The van der Waals surface area contributed by atoms with Gasteiger partial charge in [0.2, 0.25) is 5.91 Å². The lowest BCUT2D eigenvalue weighted by Crippen LogP contribution is -2.26. The maximum Gasteiger partial charge on any atom is 0.220 e. The zero-order chi connectivity index (χ0) is 12.0. The topological polar surface area (TPSA) is 49.3 Å². The van der Waals surface area contributed by atoms with Crippen LogP contribution in [0.1, 0.15) is 36.9 Å². The second kappa shape index (κ2) is 6.28. The molecule has 0 aliphatic heterocycles. The zero-order valence-electron chi connectivity index (χ0n) is 9.86. The van der Waals surface area contributed by atoms with Gasteiger partial charge >= 0.3 is 0 Å². The first-order chi connectivity index (χ1) is 7.63. The van der Waals surface area contributed by atoms with Crippen molar-refractivity contribution in [3.05, 3.63) is 35.4 Å². The Balaban J connectivity index is 2.52. The summed E-state index contributed by atoms with van der Waals surface area (Å²) in [5.41, 5.74) is 2.30. The normalized spacial score (nSPS) is 12.2. The van der Waals surface area contributed by atoms with Crippen molar-refractivity contribution in [1.29, 1.82) is 0 Å². The Kier molecular flexibility index (Phi) is 4.99. The van der Waals surface area contributed by atoms with Crippen molar-refractivity contribution in [1.82, 2.24) is 5.32 Å². The summed E-state index contributed by atoms with van der Waals surface area (Å²) in [5.74, 6) is -0.0111. The van der Waals surface area contributed by atoms with Crippen LogP contribution < -0.4 is 5.32 Å². The molecular formula is C13H19NO2. The molecule has 0 saturated carbocycles. The predicted octanol–water partition coefficient (Wildman–Crippen LogP) is 1.94. The summed E-state index contributed by atoms with van der Waals surface area (Å²) in [6.07, 6.45) is 0.902. The van der Waals surface area contributed by atoms with Gasteiger partial charge in [-0.3, -0.25) is 4.79 Å². The van der Waals surface area contributed by atoms with Crippen molar-refractivity contribution >= 4 is 5.91 Å². The summed E-state index contributed by atoms with van der Waals surface area (Å²) in [6.45, 7) is 4.06. The monoisotopic (exact) mass is 221 g/mol. The fraction of sp³-hybridized carbons (Fsp3) is 0.462. The fourth-order valence-corrected chi connectivity index (χ4v) is 1.58. The van der Waals surface area contributed by atoms with Crippen LogP contribution in [0.25, 0.3) is 0 Å². The van der Waals surface area contributed by atoms with Gasteiger partial charge in [0, 0.05) is 13.0 Å². The minimum absolute atomic E-state index is 0.0111. The zero-order valence-corrected chi connectivity index (χ0v) is 9.86. The molecule has 0 bridgehead atoms. The van der Waals surface area contributed by atoms with Gasteiger partial charge < -0.3 is 10.4 Å². The maximum absolute atomic E-state index is 11.4. The number of rotatable bonds is 5. The van der Waals surface area contributed by atoms with Crippen LogP contribution in [-0.4, -0.2) is 17.6 Å². The fourth-order valence-electron chi connectivity index (χ4n) is 1.58. The molecule has 0 fully saturated rings. The Morgan fingerprint density at radius 1 is 1.50 bits per heavy atom. The number of nitrogens with one attached hydrogen (secondary N) is 1. The smallest absolute Gasteiger partial charge is 0.220 e. The second-order valence-corrected chi connectivity index (χ2v) is 4.03. The van der Waals surface area contributed by atoms with Crippen LogP contribution in [-0.2, 0) is 4.79 Å². The van der Waals surface area contributed by atoms with Gasteiger partial charge in [0.1, 0.15) is 0 Å². The summed E-state index contributed by atoms with van der Waals surface area (Å²) in [6, 6.07) is 8.11. The molecule has 1 atom stereocenters. The van der Waals surface area contributed by atoms with E-state index in [1.165, 1.54) is 5.56 Å². The first-order valence-electron chi connectivity index (χ1n) is 5.60. The number of carbonyl (C=O) groups is 1. The molecule has 1 aromatic rings. The first kappa shape index (κ1) is 12.7. The van der Waals surface area contributed by atoms with E-state index in [-0.39, 0.29) is 18.6 Å². The Morgan fingerprint density at radius 2 is 2.25 bits per heavy atom. The van der Waals surface area contributed by atoms with Gasteiger partial charge in [0.05, 0.1) is 6.04 Å². The van der Waals surface area contributed by atoms with E-state index in [0.717, 1.165) is 5.56 Å². The summed E-state index contributed by atoms with van der Waals surface area (Å²) in [4.78, 5) is 11.4. The minimum Gasteiger partial charge on any atom is -0.396 e. The lowest BCUT2D eigenvalue weighted by atomic mass is 10.1. The molecule has 3 heteroatoms. The van der Waals surface area contributed by atoms with E-state index in [1.807, 2.05) is 32.0 Å². The summed E-state index contributed by atoms with van der Waals surface area (Å²) < 4.78 is 0. The third-order valence-electron chi connectivity index (χ3n) is 2.48. The quantitative estimate of drug-likeness (QED) is 0.798. The van der Waals surface area contributed by atoms with Gasteiger partial charge in [-0.05, 0) is 25.8 Å². The average molecular weight is 221 g/mol. The van der Waals surface area contributed by atoms with Crippen molar-refractivity contribution in [2.45, 2.75) is 32.7 Å². The molecule has 88 valence electrons. The van der Waals surface area contributed by atoms with E-state index >= 15 is 0 Å². The number of carbonyl (C=O) groups excluding carboxylic acids is 1. The highest BCUT2D eigenvalue weighted by Gasteiger charge is 2.08. The van der Waals surface area contributed by atoms with Crippen LogP contribution in [0, 0.1) is 6.92 Å². The number of aryl methyl sites for hydroxylation is 1. The van der Waals surface area contributed by atoms with Crippen molar-refractivity contribution in [3.8, 4) is 0 Å². The third-order valence-corrected chi connectivity index (χ3v) is 2.48. The molecular weight excluding hydrogens is 202 g/mol. The highest BCUT2D eigenvalue weighted by molar-refractivity contribution is 5.76. The summed E-state index contributed by atoms with van der Waals surface area (Å²) >= 11 is 0. The summed E-state index contributed by atoms with van der Waals surface area (Å²) in [5, 5.41) is 11.5. The molecule has 0 aromatic heterocycles. The van der Waals surface area contributed by atoms with E-state index < -0.39 is 0 Å². The lowest BCUT2D eigenvalue weighted by molar-refractivity contribution is -0.122. The SMILES string of the molecule is Cc1cccc([C@H](C)NC(=O)CCCO)c1. The first-order valence-corrected chi connectivity index (χ1v) is 5.60. The van der Waals surface area contributed by atoms with Crippen molar-refractivity contribution in [2.24, 2.45) is 0 Å². The largest absolute Gasteiger partial charge is 0.396 e. The van der Waals surface area contributed by atoms with Gasteiger partial charge in [0.25, 0.3) is 0 Å². The molecule has 1 amide bonds. The molecule has 0 aliphatic carbocycles. The predicted molar refractivity (Wildman–Crippen MR) is 64.1 cm³/mol. The average Bonchev–Trinajstić information content (AvgIpc) is 2.26. The molecule has 0 radical (unpaired) electrons. The van der Waals surface area contributed by atoms with Crippen LogP contribution in [0.4, 0.5) is 0 Å². The number of amides is 1. The van der Waals surface area contributed by atoms with E-state index in [9.17, 15) is 4.79 Å². The van der Waals surface area contributed by atoms with Crippen LogP contribution in [0.5, 0.6) is 0 Å². The Bertz CT molecular complexity index is 350. The Morgan fingerprint density at radius 3 is 2.88 bits per heavy atom. The van der Waals surface area contributed by atoms with Crippen LogP contribution >= 0.6 is 0 Å². The molecule has 16 heavy (non-hydrogen) atoms. The molecule has 3 nitrogen and oxygen atoms in total. The van der Waals surface area contributed by atoms with Gasteiger partial charge in [-0.15, -0.1) is 0 Å². The number of benzene rings is 1. The molecule has 1 rings (SSSR count). The molecule has 0 aliphatic rings. The van der Waals surface area contributed by atoms with Crippen molar-refractivity contribution < 1.29 is 9.90 Å². The van der Waals surface area contributed by atoms with Crippen LogP contribution in [0.15, 0.2) is 24.3 Å². The maximum atomic E-state index is 11.4. The molecule has 0 heterocycles. The van der Waals surface area contributed by atoms with Crippen molar-refractivity contribution in [2.75, 3.05) is 6.61 Å².